The summed E-state index contributed by atoms with van der Waals surface area (Å²) in [6.07, 6.45) is 3.25. The van der Waals surface area contributed by atoms with Crippen molar-refractivity contribution in [3.05, 3.63) is 53.6 Å². The second-order valence-electron chi connectivity index (χ2n) is 12.5. The summed E-state index contributed by atoms with van der Waals surface area (Å²) in [5, 5.41) is 12.8. The van der Waals surface area contributed by atoms with Gasteiger partial charge in [-0.1, -0.05) is 36.4 Å². The number of piperidine rings is 1. The van der Waals surface area contributed by atoms with Crippen LogP contribution in [0.3, 0.4) is 0 Å². The van der Waals surface area contributed by atoms with Crippen molar-refractivity contribution in [2.24, 2.45) is 11.3 Å². The third-order valence-corrected chi connectivity index (χ3v) is 8.99. The second-order valence-corrected chi connectivity index (χ2v) is 12.5. The van der Waals surface area contributed by atoms with E-state index in [9.17, 15) is 19.6 Å². The summed E-state index contributed by atoms with van der Waals surface area (Å²) in [4.78, 5) is 41.9. The predicted molar refractivity (Wildman–Crippen MR) is 146 cm³/mol. The Hall–Kier alpha value is -3.86. The molecule has 0 bridgehead atoms. The molecule has 4 aliphatic rings. The number of anilines is 1. The molecule has 2 aliphatic carbocycles. The van der Waals surface area contributed by atoms with E-state index >= 15 is 0 Å². The first kappa shape index (κ1) is 25.4. The number of likely N-dealkylation sites (tertiary alicyclic amines) is 1. The van der Waals surface area contributed by atoms with Crippen molar-refractivity contribution < 1.29 is 19.1 Å². The van der Waals surface area contributed by atoms with E-state index in [1.807, 2.05) is 63.2 Å². The highest BCUT2D eigenvalue weighted by atomic mass is 16.6. The highest BCUT2D eigenvalue weighted by Crippen LogP contribution is 2.73. The zero-order valence-electron chi connectivity index (χ0n) is 22.9. The average Bonchev–Trinajstić information content (AvgIpc) is 3.52. The van der Waals surface area contributed by atoms with Gasteiger partial charge in [0.25, 0.3) is 0 Å². The molecule has 2 heterocycles. The Balaban J connectivity index is 1.13. The lowest BCUT2D eigenvalue weighted by Crippen LogP contribution is -2.55. The van der Waals surface area contributed by atoms with Gasteiger partial charge in [-0.25, -0.2) is 4.79 Å². The number of nitrogens with one attached hydrogen (secondary N) is 1. The maximum absolute atomic E-state index is 13.5. The van der Waals surface area contributed by atoms with Crippen molar-refractivity contribution in [2.45, 2.75) is 76.6 Å². The first-order valence-electron chi connectivity index (χ1n) is 13.7. The summed E-state index contributed by atoms with van der Waals surface area (Å²) in [7, 11) is 1.80. The van der Waals surface area contributed by atoms with E-state index in [-0.39, 0.29) is 29.2 Å². The van der Waals surface area contributed by atoms with Crippen molar-refractivity contribution in [1.82, 2.24) is 10.2 Å². The third-order valence-electron chi connectivity index (χ3n) is 8.99. The largest absolute Gasteiger partial charge is 0.444 e. The summed E-state index contributed by atoms with van der Waals surface area (Å²) in [5.74, 6) is -0.0363. The molecule has 1 unspecified atom stereocenters. The number of rotatable bonds is 5. The van der Waals surface area contributed by atoms with Crippen molar-refractivity contribution >= 4 is 23.6 Å². The molecule has 202 valence electrons. The van der Waals surface area contributed by atoms with Gasteiger partial charge in [0.1, 0.15) is 17.7 Å². The third kappa shape index (κ3) is 4.25. The molecule has 2 aromatic rings. The Labute approximate surface area is 228 Å². The van der Waals surface area contributed by atoms with Crippen LogP contribution in [0.2, 0.25) is 0 Å². The van der Waals surface area contributed by atoms with Gasteiger partial charge in [-0.2, -0.15) is 5.26 Å². The molecule has 2 aromatic carbocycles. The monoisotopic (exact) mass is 526 g/mol. The van der Waals surface area contributed by atoms with Gasteiger partial charge in [-0.15, -0.1) is 0 Å². The molecule has 3 amide bonds. The topological polar surface area (TPSA) is 103 Å². The second kappa shape index (κ2) is 8.84. The molecule has 1 spiro atoms. The van der Waals surface area contributed by atoms with Crippen LogP contribution < -0.4 is 10.2 Å². The summed E-state index contributed by atoms with van der Waals surface area (Å²) in [5.41, 5.74) is 4.36. The Bertz CT molecular complexity index is 1410. The van der Waals surface area contributed by atoms with Gasteiger partial charge < -0.3 is 15.0 Å². The van der Waals surface area contributed by atoms with Gasteiger partial charge in [-0.05, 0) is 79.7 Å². The molecule has 8 heteroatoms. The van der Waals surface area contributed by atoms with E-state index in [2.05, 4.69) is 11.4 Å². The zero-order chi connectivity index (χ0) is 27.7. The number of nitriles is 1. The van der Waals surface area contributed by atoms with Crippen LogP contribution in [0.1, 0.15) is 51.2 Å². The molecular weight excluding hydrogens is 492 g/mol. The molecule has 8 nitrogen and oxygen atoms in total. The van der Waals surface area contributed by atoms with Gasteiger partial charge in [0, 0.05) is 25.2 Å². The molecule has 3 fully saturated rings. The quantitative estimate of drug-likeness (QED) is 0.629. The molecule has 0 aromatic heterocycles. The number of hydrogen-bond acceptors (Lipinski definition) is 5. The van der Waals surface area contributed by atoms with Gasteiger partial charge in [0.2, 0.25) is 11.8 Å². The first-order chi connectivity index (χ1) is 18.5. The molecule has 1 N–H and O–H groups in total. The summed E-state index contributed by atoms with van der Waals surface area (Å²) < 4.78 is 5.65. The number of ether oxygens (including phenoxy) is 1. The van der Waals surface area contributed by atoms with E-state index in [0.717, 1.165) is 47.2 Å². The van der Waals surface area contributed by atoms with Gasteiger partial charge >= 0.3 is 6.09 Å². The van der Waals surface area contributed by atoms with Crippen molar-refractivity contribution in [2.75, 3.05) is 11.9 Å². The van der Waals surface area contributed by atoms with E-state index in [0.29, 0.717) is 12.8 Å². The van der Waals surface area contributed by atoms with Gasteiger partial charge in [-0.3, -0.25) is 14.5 Å². The van der Waals surface area contributed by atoms with Crippen LogP contribution in [0, 0.1) is 22.7 Å². The lowest BCUT2D eigenvalue weighted by atomic mass is 9.68. The van der Waals surface area contributed by atoms with Crippen LogP contribution in [0.5, 0.6) is 0 Å². The molecular formula is C31H34N4O4. The fraction of sp³-hybridized carbons (Fsp3) is 0.484. The molecule has 2 aliphatic heterocycles. The van der Waals surface area contributed by atoms with Crippen LogP contribution in [0.25, 0.3) is 11.1 Å². The number of likely N-dealkylation sites (N-methyl/N-ethyl adjacent to an activating group) is 1. The molecule has 1 saturated heterocycles. The van der Waals surface area contributed by atoms with Crippen LogP contribution in [0.4, 0.5) is 10.5 Å². The molecule has 5 atom stereocenters. The number of amides is 3. The maximum Gasteiger partial charge on any atom is 0.411 e. The fourth-order valence-electron chi connectivity index (χ4n) is 6.83. The minimum absolute atomic E-state index is 0.0621. The van der Waals surface area contributed by atoms with Crippen LogP contribution in [-0.4, -0.2) is 53.6 Å². The highest BCUT2D eigenvalue weighted by molar-refractivity contribution is 6.01. The Morgan fingerprint density at radius 2 is 1.90 bits per heavy atom. The van der Waals surface area contributed by atoms with Crippen molar-refractivity contribution in [3.63, 3.8) is 0 Å². The lowest BCUT2D eigenvalue weighted by Gasteiger charge is -2.38. The van der Waals surface area contributed by atoms with Crippen LogP contribution in [0.15, 0.2) is 42.5 Å². The normalized spacial score (nSPS) is 27.1. The van der Waals surface area contributed by atoms with Crippen LogP contribution in [-0.2, 0) is 27.2 Å². The van der Waals surface area contributed by atoms with Crippen molar-refractivity contribution in [3.8, 4) is 17.2 Å². The van der Waals surface area contributed by atoms with E-state index in [1.165, 1.54) is 0 Å². The van der Waals surface area contributed by atoms with Crippen LogP contribution >= 0.6 is 0 Å². The van der Waals surface area contributed by atoms with Crippen molar-refractivity contribution in [1.29, 1.82) is 5.26 Å². The number of benzene rings is 2. The number of carbonyl (C=O) groups is 3. The Kier molecular flexibility index (Phi) is 5.76. The number of hydrogen-bond donors (Lipinski definition) is 1. The molecule has 0 radical (unpaired) electrons. The smallest absolute Gasteiger partial charge is 0.411 e. The molecule has 39 heavy (non-hydrogen) atoms. The molecule has 2 saturated carbocycles. The average molecular weight is 527 g/mol. The fourth-order valence-corrected chi connectivity index (χ4v) is 6.83. The van der Waals surface area contributed by atoms with E-state index < -0.39 is 23.8 Å². The summed E-state index contributed by atoms with van der Waals surface area (Å²) >= 11 is 0. The number of carbonyl (C=O) groups excluding carboxylic acids is 3. The summed E-state index contributed by atoms with van der Waals surface area (Å²) in [6, 6.07) is 15.0. The lowest BCUT2D eigenvalue weighted by molar-refractivity contribution is -0.129. The Morgan fingerprint density at radius 3 is 2.54 bits per heavy atom. The summed E-state index contributed by atoms with van der Waals surface area (Å²) in [6.45, 7) is 5.48. The minimum atomic E-state index is -0.712. The first-order valence-corrected chi connectivity index (χ1v) is 13.7. The van der Waals surface area contributed by atoms with Gasteiger partial charge in [0.15, 0.2) is 0 Å². The number of nitrogens with zero attached hydrogens (tertiary/aromatic N) is 3. The number of fused-ring (bicyclic) bond motifs is 1. The zero-order valence-corrected chi connectivity index (χ0v) is 22.9. The molecule has 6 rings (SSSR count). The maximum atomic E-state index is 13.5. The Morgan fingerprint density at radius 1 is 1.18 bits per heavy atom. The van der Waals surface area contributed by atoms with E-state index in [1.54, 1.807) is 16.8 Å². The van der Waals surface area contributed by atoms with Gasteiger partial charge in [0.05, 0.1) is 12.5 Å². The highest BCUT2D eigenvalue weighted by Gasteiger charge is 2.76. The standard InChI is InChI=1S/C31H34N4O4/c1-30(2,3)39-29(38)35-25-16-31(25)12-11-23(31)27(35)28(37)33-22(17-32)13-18-5-7-19(8-6-18)20-9-10-21-15-26(36)34(4)24(21)14-20/h5-10,14,22-23,25,27H,11-13,15-16H2,1-4H3,(H,33,37)/t22-,23-,25+,27-,31?/m0/s1. The predicted octanol–water partition coefficient (Wildman–Crippen LogP) is 4.21. The SMILES string of the molecule is CN1C(=O)Cc2ccc(-c3ccc(C[C@@H](C#N)NC(=O)[C@@H]4[C@@H]5CCC56C[C@H]6N4C(=O)OC(C)(C)C)cc3)cc21. The van der Waals surface area contributed by atoms with E-state index in [4.69, 9.17) is 4.74 Å². The minimum Gasteiger partial charge on any atom is -0.444 e.